The van der Waals surface area contributed by atoms with Crippen LogP contribution in [0.5, 0.6) is 0 Å². The molecule has 0 nitrogen and oxygen atoms in total. The Morgan fingerprint density at radius 1 is 1.00 bits per heavy atom. The second-order valence-corrected chi connectivity index (χ2v) is 19.2. The maximum absolute atomic E-state index is 2.44. The zero-order valence-electron chi connectivity index (χ0n) is 9.93. The van der Waals surface area contributed by atoms with Crippen LogP contribution in [0.1, 0.15) is 26.3 Å². The van der Waals surface area contributed by atoms with Crippen LogP contribution in [0.4, 0.5) is 0 Å². The number of rotatable bonds is 4. The molecule has 0 N–H and O–H groups in total. The van der Waals surface area contributed by atoms with E-state index >= 15 is 0 Å². The molecule has 0 aliphatic heterocycles. The number of benzene rings is 1. The fraction of sp³-hybridized carbons (Fsp3) is 0.538. The van der Waals surface area contributed by atoms with Gasteiger partial charge in [-0.15, -0.1) is 0 Å². The average molecular weight is 297 g/mol. The number of aryl methyl sites for hydroxylation is 1. The van der Waals surface area contributed by atoms with Crippen molar-refractivity contribution in [1.29, 1.82) is 0 Å². The third kappa shape index (κ3) is 2.33. The molecule has 0 unspecified atom stereocenters. The van der Waals surface area contributed by atoms with Gasteiger partial charge in [-0.1, -0.05) is 0 Å². The van der Waals surface area contributed by atoms with Gasteiger partial charge in [0.15, 0.2) is 0 Å². The molecule has 0 heterocycles. The average Bonchev–Trinajstić information content (AvgIpc) is 2.22. The van der Waals surface area contributed by atoms with Crippen molar-refractivity contribution >= 4 is 22.0 Å². The monoisotopic (exact) mass is 298 g/mol. The molecule has 0 radical (unpaired) electrons. The molecule has 0 amide bonds. The first-order chi connectivity index (χ1) is 6.68. The molecule has 1 rings (SSSR count). The van der Waals surface area contributed by atoms with E-state index in [1.54, 1.807) is 3.58 Å². The SMILES string of the molecule is C[CH2][Sn]([CH2]C)([CH2]C)[c]1cccc(C)c1. The van der Waals surface area contributed by atoms with Crippen molar-refractivity contribution < 1.29 is 0 Å². The van der Waals surface area contributed by atoms with Crippen molar-refractivity contribution in [2.75, 3.05) is 0 Å². The Morgan fingerprint density at radius 2 is 1.57 bits per heavy atom. The van der Waals surface area contributed by atoms with E-state index in [1.807, 2.05) is 0 Å². The summed E-state index contributed by atoms with van der Waals surface area (Å²) in [4.78, 5) is 0. The molecule has 14 heavy (non-hydrogen) atoms. The molecule has 78 valence electrons. The molecule has 0 spiro atoms. The Kier molecular flexibility index (Phi) is 4.49. The molecule has 0 aromatic heterocycles. The minimum atomic E-state index is -1.91. The van der Waals surface area contributed by atoms with Crippen molar-refractivity contribution in [3.8, 4) is 0 Å². The van der Waals surface area contributed by atoms with Gasteiger partial charge in [-0.2, -0.15) is 0 Å². The standard InChI is InChI=1S/C7H7.3C2H5.Sn/c1-7-5-3-2-4-6-7;3*1-2;/h2-3,5-6H,1H3;3*1H2,2H3;. The molecule has 0 saturated heterocycles. The van der Waals surface area contributed by atoms with Crippen molar-refractivity contribution in [2.24, 2.45) is 0 Å². The molecule has 0 aliphatic carbocycles. The second-order valence-electron chi connectivity index (χ2n) is 4.21. The van der Waals surface area contributed by atoms with Gasteiger partial charge in [0.25, 0.3) is 0 Å². The van der Waals surface area contributed by atoms with E-state index in [4.69, 9.17) is 0 Å². The first-order valence-corrected chi connectivity index (χ1v) is 13.2. The molecule has 1 heteroatoms. The van der Waals surface area contributed by atoms with E-state index in [0.29, 0.717) is 0 Å². The molecule has 0 bridgehead atoms. The number of hydrogen-bond donors (Lipinski definition) is 0. The summed E-state index contributed by atoms with van der Waals surface area (Å²) in [6.07, 6.45) is 0. The molecule has 0 aliphatic rings. The van der Waals surface area contributed by atoms with Crippen LogP contribution in [0.15, 0.2) is 24.3 Å². The topological polar surface area (TPSA) is 0 Å². The van der Waals surface area contributed by atoms with Gasteiger partial charge in [0.2, 0.25) is 0 Å². The van der Waals surface area contributed by atoms with E-state index in [-0.39, 0.29) is 0 Å². The Balaban J connectivity index is 3.10. The van der Waals surface area contributed by atoms with Crippen molar-refractivity contribution in [3.05, 3.63) is 29.8 Å². The molecular weight excluding hydrogens is 275 g/mol. The summed E-state index contributed by atoms with van der Waals surface area (Å²) in [6, 6.07) is 9.25. The summed E-state index contributed by atoms with van der Waals surface area (Å²) in [6.45, 7) is 9.39. The summed E-state index contributed by atoms with van der Waals surface area (Å²) in [5, 5.41) is 0. The number of hydrogen-bond acceptors (Lipinski definition) is 0. The third-order valence-electron chi connectivity index (χ3n) is 3.66. The molecule has 0 saturated carbocycles. The van der Waals surface area contributed by atoms with Crippen LogP contribution in [0.3, 0.4) is 0 Å². The van der Waals surface area contributed by atoms with Gasteiger partial charge in [0.05, 0.1) is 0 Å². The molecule has 0 atom stereocenters. The molecular formula is C13H22Sn. The van der Waals surface area contributed by atoms with Gasteiger partial charge in [-0.25, -0.2) is 0 Å². The van der Waals surface area contributed by atoms with Gasteiger partial charge < -0.3 is 0 Å². The first kappa shape index (κ1) is 12.1. The Labute approximate surface area is 92.6 Å². The van der Waals surface area contributed by atoms with E-state index in [9.17, 15) is 0 Å². The molecule has 0 fully saturated rings. The fourth-order valence-corrected chi connectivity index (χ4v) is 12.9. The van der Waals surface area contributed by atoms with Crippen LogP contribution in [-0.4, -0.2) is 18.4 Å². The predicted molar refractivity (Wildman–Crippen MR) is 68.0 cm³/mol. The van der Waals surface area contributed by atoms with E-state index in [1.165, 1.54) is 18.9 Å². The predicted octanol–water partition coefficient (Wildman–Crippen LogP) is 3.71. The van der Waals surface area contributed by atoms with Gasteiger partial charge >= 0.3 is 92.8 Å². The second kappa shape index (κ2) is 5.20. The van der Waals surface area contributed by atoms with Gasteiger partial charge in [-0.05, 0) is 0 Å². The van der Waals surface area contributed by atoms with E-state index < -0.39 is 18.4 Å². The molecule has 1 aromatic rings. The van der Waals surface area contributed by atoms with Crippen molar-refractivity contribution in [1.82, 2.24) is 0 Å². The maximum atomic E-state index is 2.44. The Hall–Kier alpha value is 0.0187. The van der Waals surface area contributed by atoms with E-state index in [0.717, 1.165) is 0 Å². The van der Waals surface area contributed by atoms with Gasteiger partial charge in [0.1, 0.15) is 0 Å². The Bertz CT molecular complexity index is 279. The van der Waals surface area contributed by atoms with Crippen LogP contribution in [0.2, 0.25) is 13.3 Å². The zero-order valence-corrected chi connectivity index (χ0v) is 12.8. The van der Waals surface area contributed by atoms with Crippen molar-refractivity contribution in [3.63, 3.8) is 0 Å². The minimum absolute atomic E-state index is 1.43. The molecule has 1 aromatic carbocycles. The third-order valence-corrected chi connectivity index (χ3v) is 19.6. The summed E-state index contributed by atoms with van der Waals surface area (Å²) in [7, 11) is 0. The normalized spacial score (nSPS) is 11.7. The van der Waals surface area contributed by atoms with Crippen LogP contribution in [-0.2, 0) is 0 Å². The zero-order chi connectivity index (χ0) is 10.6. The van der Waals surface area contributed by atoms with Crippen LogP contribution < -0.4 is 3.58 Å². The quantitative estimate of drug-likeness (QED) is 0.743. The summed E-state index contributed by atoms with van der Waals surface area (Å²) in [5.74, 6) is 0. The van der Waals surface area contributed by atoms with Crippen LogP contribution >= 0.6 is 0 Å². The first-order valence-electron chi connectivity index (χ1n) is 5.75. The van der Waals surface area contributed by atoms with Crippen LogP contribution in [0.25, 0.3) is 0 Å². The van der Waals surface area contributed by atoms with Gasteiger partial charge in [0, 0.05) is 0 Å². The summed E-state index contributed by atoms with van der Waals surface area (Å²) < 4.78 is 6.08. The van der Waals surface area contributed by atoms with E-state index in [2.05, 4.69) is 52.0 Å². The van der Waals surface area contributed by atoms with Crippen LogP contribution in [0, 0.1) is 6.92 Å². The summed E-state index contributed by atoms with van der Waals surface area (Å²) >= 11 is -1.91. The van der Waals surface area contributed by atoms with Gasteiger partial charge in [-0.3, -0.25) is 0 Å². The fourth-order valence-electron chi connectivity index (χ4n) is 2.34. The Morgan fingerprint density at radius 3 is 2.00 bits per heavy atom. The van der Waals surface area contributed by atoms with Crippen molar-refractivity contribution in [2.45, 2.75) is 41.0 Å². The summed E-state index contributed by atoms with van der Waals surface area (Å²) in [5.41, 5.74) is 1.43.